The molecule has 4 rings (SSSR count). The molecule has 2 aliphatic heterocycles. The highest BCUT2D eigenvalue weighted by atomic mass is 32.2. The van der Waals surface area contributed by atoms with E-state index in [9.17, 15) is 13.2 Å². The van der Waals surface area contributed by atoms with Crippen molar-refractivity contribution in [3.8, 4) is 0 Å². The number of benzene rings is 1. The van der Waals surface area contributed by atoms with Gasteiger partial charge in [0.15, 0.2) is 0 Å². The Morgan fingerprint density at radius 3 is 2.66 bits per heavy atom. The van der Waals surface area contributed by atoms with Crippen molar-refractivity contribution in [3.63, 3.8) is 0 Å². The van der Waals surface area contributed by atoms with Crippen LogP contribution in [0.15, 0.2) is 23.1 Å². The third kappa shape index (κ3) is 4.16. The van der Waals surface area contributed by atoms with Gasteiger partial charge in [-0.25, -0.2) is 8.42 Å². The standard InChI is InChI=1S/C19H27N5O3S2/c1-14(2)12-22-7-6-15(13-22)19(25)23-8-10-24(11-9-23)29(26,27)17-5-3-4-16-18(17)21-28-20-16/h3-5,14-15H,6-13H2,1-2H3/t15-/m0/s1. The second-order valence-electron chi connectivity index (χ2n) is 8.26. The smallest absolute Gasteiger partial charge is 0.245 e. The first-order chi connectivity index (χ1) is 13.9. The number of carbonyl (C=O) groups excluding carboxylic acids is 1. The van der Waals surface area contributed by atoms with E-state index in [4.69, 9.17) is 0 Å². The summed E-state index contributed by atoms with van der Waals surface area (Å²) in [4.78, 5) is 17.3. The summed E-state index contributed by atoms with van der Waals surface area (Å²) in [7, 11) is -3.66. The van der Waals surface area contributed by atoms with E-state index in [2.05, 4.69) is 27.5 Å². The van der Waals surface area contributed by atoms with E-state index in [1.165, 1.54) is 4.31 Å². The van der Waals surface area contributed by atoms with E-state index >= 15 is 0 Å². The summed E-state index contributed by atoms with van der Waals surface area (Å²) < 4.78 is 36.0. The highest BCUT2D eigenvalue weighted by Gasteiger charge is 2.36. The van der Waals surface area contributed by atoms with Crippen LogP contribution in [-0.2, 0) is 14.8 Å². The predicted octanol–water partition coefficient (Wildman–Crippen LogP) is 1.50. The fourth-order valence-electron chi connectivity index (χ4n) is 4.25. The Morgan fingerprint density at radius 1 is 1.17 bits per heavy atom. The van der Waals surface area contributed by atoms with E-state index in [0.29, 0.717) is 43.1 Å². The van der Waals surface area contributed by atoms with Gasteiger partial charge in [-0.3, -0.25) is 4.79 Å². The number of hydrogen-bond acceptors (Lipinski definition) is 7. The molecule has 0 aliphatic carbocycles. The maximum atomic E-state index is 13.1. The van der Waals surface area contributed by atoms with Crippen molar-refractivity contribution in [2.45, 2.75) is 25.2 Å². The Balaban J connectivity index is 1.39. The zero-order valence-electron chi connectivity index (χ0n) is 16.8. The number of carbonyl (C=O) groups is 1. The molecule has 10 heteroatoms. The fraction of sp³-hybridized carbons (Fsp3) is 0.632. The third-order valence-corrected chi connectivity index (χ3v) is 8.13. The van der Waals surface area contributed by atoms with Gasteiger partial charge in [0.25, 0.3) is 0 Å². The SMILES string of the molecule is CC(C)CN1CC[C@H](C(=O)N2CCN(S(=O)(=O)c3cccc4nsnc34)CC2)C1. The van der Waals surface area contributed by atoms with Gasteiger partial charge in [-0.15, -0.1) is 0 Å². The molecule has 1 aromatic heterocycles. The van der Waals surface area contributed by atoms with Crippen LogP contribution in [0.3, 0.4) is 0 Å². The maximum Gasteiger partial charge on any atom is 0.245 e. The lowest BCUT2D eigenvalue weighted by molar-refractivity contribution is -0.136. The maximum absolute atomic E-state index is 13.1. The zero-order valence-corrected chi connectivity index (χ0v) is 18.5. The van der Waals surface area contributed by atoms with E-state index in [-0.39, 0.29) is 16.7 Å². The number of hydrogen-bond donors (Lipinski definition) is 0. The summed E-state index contributed by atoms with van der Waals surface area (Å²) in [6.07, 6.45) is 0.892. The number of sulfonamides is 1. The Kier molecular flexibility index (Phi) is 5.87. The number of piperazine rings is 1. The molecule has 0 saturated carbocycles. The molecule has 158 valence electrons. The average Bonchev–Trinajstić information content (AvgIpc) is 3.36. The van der Waals surface area contributed by atoms with Crippen LogP contribution in [-0.4, -0.2) is 83.0 Å². The summed E-state index contributed by atoms with van der Waals surface area (Å²) in [5, 5.41) is 0. The van der Waals surface area contributed by atoms with Gasteiger partial charge in [0.05, 0.1) is 17.6 Å². The molecule has 29 heavy (non-hydrogen) atoms. The number of fused-ring (bicyclic) bond motifs is 1. The first kappa shape index (κ1) is 20.6. The monoisotopic (exact) mass is 437 g/mol. The minimum absolute atomic E-state index is 0.0340. The number of likely N-dealkylation sites (tertiary alicyclic amines) is 1. The summed E-state index contributed by atoms with van der Waals surface area (Å²) >= 11 is 1.01. The molecule has 0 unspecified atom stereocenters. The molecule has 1 atom stereocenters. The molecule has 0 radical (unpaired) electrons. The van der Waals surface area contributed by atoms with Gasteiger partial charge in [-0.05, 0) is 31.0 Å². The Morgan fingerprint density at radius 2 is 1.93 bits per heavy atom. The summed E-state index contributed by atoms with van der Waals surface area (Å²) in [5.41, 5.74) is 1.02. The van der Waals surface area contributed by atoms with Gasteiger partial charge >= 0.3 is 0 Å². The van der Waals surface area contributed by atoms with Gasteiger partial charge in [-0.1, -0.05) is 19.9 Å². The molecule has 2 fully saturated rings. The number of amides is 1. The third-order valence-electron chi connectivity index (χ3n) is 5.66. The molecule has 0 bridgehead atoms. The van der Waals surface area contributed by atoms with Crippen LogP contribution >= 0.6 is 11.7 Å². The number of aromatic nitrogens is 2. The Bertz CT molecular complexity index is 983. The number of nitrogens with zero attached hydrogens (tertiary/aromatic N) is 5. The summed E-state index contributed by atoms with van der Waals surface area (Å²) in [6, 6.07) is 5.04. The van der Waals surface area contributed by atoms with E-state index in [1.807, 2.05) is 4.90 Å². The van der Waals surface area contributed by atoms with Gasteiger partial charge in [0.1, 0.15) is 15.9 Å². The van der Waals surface area contributed by atoms with Crippen LogP contribution in [0.2, 0.25) is 0 Å². The second-order valence-corrected chi connectivity index (χ2v) is 10.7. The van der Waals surface area contributed by atoms with Gasteiger partial charge in [-0.2, -0.15) is 13.1 Å². The first-order valence-electron chi connectivity index (χ1n) is 10.1. The normalized spacial score (nSPS) is 22.0. The Hall–Kier alpha value is -1.62. The van der Waals surface area contributed by atoms with Crippen molar-refractivity contribution in [2.24, 2.45) is 11.8 Å². The lowest BCUT2D eigenvalue weighted by atomic mass is 10.1. The molecule has 2 aliphatic rings. The van der Waals surface area contributed by atoms with E-state index in [1.54, 1.807) is 18.2 Å². The van der Waals surface area contributed by atoms with Gasteiger partial charge in [0.2, 0.25) is 15.9 Å². The molecular weight excluding hydrogens is 410 g/mol. The van der Waals surface area contributed by atoms with Crippen molar-refractivity contribution < 1.29 is 13.2 Å². The highest BCUT2D eigenvalue weighted by molar-refractivity contribution is 7.89. The molecule has 1 amide bonds. The van der Waals surface area contributed by atoms with Crippen molar-refractivity contribution >= 4 is 38.7 Å². The van der Waals surface area contributed by atoms with Crippen LogP contribution in [0, 0.1) is 11.8 Å². The minimum atomic E-state index is -3.66. The summed E-state index contributed by atoms with van der Waals surface area (Å²) in [6.45, 7) is 8.67. The van der Waals surface area contributed by atoms with Crippen molar-refractivity contribution in [1.82, 2.24) is 22.9 Å². The topological polar surface area (TPSA) is 86.7 Å². The zero-order chi connectivity index (χ0) is 20.6. The van der Waals surface area contributed by atoms with Crippen LogP contribution in [0.25, 0.3) is 11.0 Å². The van der Waals surface area contributed by atoms with E-state index in [0.717, 1.165) is 37.8 Å². The van der Waals surface area contributed by atoms with Crippen LogP contribution in [0.1, 0.15) is 20.3 Å². The van der Waals surface area contributed by atoms with Gasteiger partial charge < -0.3 is 9.80 Å². The Labute approximate surface area is 175 Å². The first-order valence-corrected chi connectivity index (χ1v) is 12.3. The molecule has 0 spiro atoms. The molecule has 1 aromatic carbocycles. The second kappa shape index (κ2) is 8.25. The van der Waals surface area contributed by atoms with Crippen LogP contribution < -0.4 is 0 Å². The fourth-order valence-corrected chi connectivity index (χ4v) is 6.43. The minimum Gasteiger partial charge on any atom is -0.340 e. The molecule has 3 heterocycles. The average molecular weight is 438 g/mol. The predicted molar refractivity (Wildman–Crippen MR) is 112 cm³/mol. The highest BCUT2D eigenvalue weighted by Crippen LogP contribution is 2.26. The molecular formula is C19H27N5O3S2. The summed E-state index contributed by atoms with van der Waals surface area (Å²) in [5.74, 6) is 0.792. The lowest BCUT2D eigenvalue weighted by Gasteiger charge is -2.35. The lowest BCUT2D eigenvalue weighted by Crippen LogP contribution is -2.52. The van der Waals surface area contributed by atoms with Crippen LogP contribution in [0.5, 0.6) is 0 Å². The molecule has 8 nitrogen and oxygen atoms in total. The van der Waals surface area contributed by atoms with Crippen molar-refractivity contribution in [3.05, 3.63) is 18.2 Å². The van der Waals surface area contributed by atoms with E-state index < -0.39 is 10.0 Å². The largest absolute Gasteiger partial charge is 0.340 e. The molecule has 0 N–H and O–H groups in total. The van der Waals surface area contributed by atoms with Crippen molar-refractivity contribution in [2.75, 3.05) is 45.8 Å². The van der Waals surface area contributed by atoms with Crippen molar-refractivity contribution in [1.29, 1.82) is 0 Å². The molecule has 2 aromatic rings. The molecule has 2 saturated heterocycles. The quantitative estimate of drug-likeness (QED) is 0.705. The van der Waals surface area contributed by atoms with Gasteiger partial charge in [0, 0.05) is 39.3 Å². The number of rotatable bonds is 5. The van der Waals surface area contributed by atoms with Crippen LogP contribution in [0.4, 0.5) is 0 Å².